The lowest BCUT2D eigenvalue weighted by Crippen LogP contribution is -2.39. The normalized spacial score (nSPS) is 16.9. The molecule has 0 saturated heterocycles. The van der Waals surface area contributed by atoms with Gasteiger partial charge in [0.05, 0.1) is 61.1 Å². The lowest BCUT2D eigenvalue weighted by Gasteiger charge is -2.41. The molecule has 20 nitrogen and oxygen atoms in total. The standard InChI is InChI=1S/C23H30F3N3O2.C21H28F3N3O2.C21H30FN3O2.C20H28ClN3O2/c1-21(2,13-8-9-13)12-18(30)27-20-28-19-16(23(24,25)26)10-14(22(3,4)31)11-17(19)29(20)15-6-5-7-15;1-19(2,3)11-16(28)25-18-26-17-14(21(22,23)24)9-12(20(4,5)29)10-15(17)27(18)13-7-6-8-13;1-19(2,3)12-15(26)24-18-23-14-9-8-13(20(4,5)27)16(22)17(14)25(18)21(6)10-7-11-21;1-19(2,3)11-17(25)23-18-22-15-10-14(21)13(20(4,5)26)9-16(15)24(18)12-7-6-8-12/h10-11,13,15,31H,5-9,12H2,1-4H3,(H,27,28,30);9-10,13,29H,6-8,11H2,1-5H3,(H,25,26,28);8-9,27H,7,10-12H2,1-6H3,(H,23,24,26);9-10,12,26H,6-8,11H2,1-5H3,(H,22,23,25). The van der Waals surface area contributed by atoms with E-state index in [0.717, 1.165) is 107 Å². The highest BCUT2D eigenvalue weighted by atomic mass is 35.5. The van der Waals surface area contributed by atoms with Crippen molar-refractivity contribution in [2.45, 2.75) is 312 Å². The van der Waals surface area contributed by atoms with Gasteiger partial charge in [0.2, 0.25) is 47.4 Å². The molecule has 0 aliphatic heterocycles. The minimum absolute atomic E-state index is 0.0186. The van der Waals surface area contributed by atoms with E-state index in [9.17, 15) is 65.9 Å². The zero-order valence-corrected chi connectivity index (χ0v) is 69.9. The molecule has 0 radical (unpaired) electrons. The van der Waals surface area contributed by atoms with Crippen LogP contribution >= 0.6 is 11.6 Å². The van der Waals surface area contributed by atoms with Crippen LogP contribution in [0.1, 0.15) is 306 Å². The quantitative estimate of drug-likeness (QED) is 0.0373. The first kappa shape index (κ1) is 87.7. The molecule has 0 spiro atoms. The first-order valence-corrected chi connectivity index (χ1v) is 39.9. The van der Waals surface area contributed by atoms with Crippen LogP contribution in [0.15, 0.2) is 48.5 Å². The maximum atomic E-state index is 15.4. The number of carbonyl (C=O) groups excluding carboxylic acids is 4. The Morgan fingerprint density at radius 2 is 0.805 bits per heavy atom. The predicted octanol–water partition coefficient (Wildman–Crippen LogP) is 20.8. The second kappa shape index (κ2) is 31.4. The van der Waals surface area contributed by atoms with Gasteiger partial charge in [-0.3, -0.25) is 40.4 Å². The van der Waals surface area contributed by atoms with Crippen molar-refractivity contribution in [2.24, 2.45) is 27.6 Å². The number of nitrogens with one attached hydrogen (secondary N) is 4. The highest BCUT2D eigenvalue weighted by Crippen LogP contribution is 2.50. The molecule has 5 fully saturated rings. The Bertz CT molecular complexity index is 4880. The van der Waals surface area contributed by atoms with Crippen molar-refractivity contribution >= 4 is 103 Å². The van der Waals surface area contributed by atoms with E-state index in [2.05, 4.69) is 66.5 Å². The Labute approximate surface area is 662 Å². The summed E-state index contributed by atoms with van der Waals surface area (Å²) in [6, 6.07) is 12.3. The summed E-state index contributed by atoms with van der Waals surface area (Å²) < 4.78 is 106. The molecule has 0 atom stereocenters. The van der Waals surface area contributed by atoms with Crippen LogP contribution in [0.2, 0.25) is 5.02 Å². The van der Waals surface area contributed by atoms with Gasteiger partial charge in [-0.1, -0.05) is 93.8 Å². The summed E-state index contributed by atoms with van der Waals surface area (Å²) in [4.78, 5) is 67.8. The molecule has 5 saturated carbocycles. The molecular weight excluding hydrogens is 1490 g/mol. The molecule has 4 aromatic heterocycles. The fourth-order valence-corrected chi connectivity index (χ4v) is 15.5. The monoisotopic (exact) mass is 1600 g/mol. The maximum Gasteiger partial charge on any atom is 0.418 e. The van der Waals surface area contributed by atoms with E-state index in [1.54, 1.807) is 67.2 Å². The summed E-state index contributed by atoms with van der Waals surface area (Å²) in [5, 5.41) is 53.4. The van der Waals surface area contributed by atoms with Crippen LogP contribution in [-0.2, 0) is 59.5 Å². The first-order chi connectivity index (χ1) is 51.7. The van der Waals surface area contributed by atoms with Crippen LogP contribution < -0.4 is 21.3 Å². The van der Waals surface area contributed by atoms with Gasteiger partial charge in [-0.25, -0.2) is 24.3 Å². The number of aliphatic hydroxyl groups is 4. The topological polar surface area (TPSA) is 269 Å². The summed E-state index contributed by atoms with van der Waals surface area (Å²) in [6.45, 7) is 36.4. The van der Waals surface area contributed by atoms with Crippen molar-refractivity contribution in [3.05, 3.63) is 92.8 Å². The molecular formula is C85H116ClF7N12O8. The van der Waals surface area contributed by atoms with E-state index in [1.165, 1.54) is 34.1 Å². The third-order valence-electron chi connectivity index (χ3n) is 22.1. The number of hydrogen-bond acceptors (Lipinski definition) is 12. The van der Waals surface area contributed by atoms with Crippen molar-refractivity contribution in [3.63, 3.8) is 0 Å². The second-order valence-electron chi connectivity index (χ2n) is 38.8. The molecule has 13 rings (SSSR count). The molecule has 620 valence electrons. The number of aromatic nitrogens is 8. The van der Waals surface area contributed by atoms with Gasteiger partial charge < -0.3 is 38.7 Å². The van der Waals surface area contributed by atoms with Crippen LogP contribution in [0.5, 0.6) is 0 Å². The molecule has 113 heavy (non-hydrogen) atoms. The molecule has 28 heteroatoms. The van der Waals surface area contributed by atoms with E-state index >= 15 is 4.39 Å². The largest absolute Gasteiger partial charge is 0.418 e. The third kappa shape index (κ3) is 20.6. The second-order valence-corrected chi connectivity index (χ2v) is 39.2. The van der Waals surface area contributed by atoms with Gasteiger partial charge in [0.25, 0.3) is 0 Å². The Hall–Kier alpha value is -7.72. The summed E-state index contributed by atoms with van der Waals surface area (Å²) in [5.74, 6) is 0.594. The van der Waals surface area contributed by atoms with E-state index in [0.29, 0.717) is 70.3 Å². The minimum atomic E-state index is -4.63. The van der Waals surface area contributed by atoms with Crippen molar-refractivity contribution in [3.8, 4) is 0 Å². The van der Waals surface area contributed by atoms with Crippen molar-refractivity contribution in [2.75, 3.05) is 21.3 Å². The molecule has 4 aromatic carbocycles. The molecule has 0 unspecified atom stereocenters. The first-order valence-electron chi connectivity index (χ1n) is 39.5. The highest BCUT2D eigenvalue weighted by molar-refractivity contribution is 6.32. The highest BCUT2D eigenvalue weighted by Gasteiger charge is 2.44. The lowest BCUT2D eigenvalue weighted by molar-refractivity contribution is -0.137. The minimum Gasteiger partial charge on any atom is -0.386 e. The number of carbonyl (C=O) groups is 4. The number of imidazole rings is 4. The Morgan fingerprint density at radius 3 is 1.13 bits per heavy atom. The Kier molecular flexibility index (Phi) is 24.3. The van der Waals surface area contributed by atoms with Crippen molar-refractivity contribution in [1.29, 1.82) is 0 Å². The average molecular weight is 1600 g/mol. The zero-order valence-electron chi connectivity index (χ0n) is 69.2. The van der Waals surface area contributed by atoms with Crippen LogP contribution in [0.4, 0.5) is 54.5 Å². The Balaban J connectivity index is 0.000000160. The van der Waals surface area contributed by atoms with Gasteiger partial charge in [0.15, 0.2) is 5.82 Å². The molecule has 8 N–H and O–H groups in total. The summed E-state index contributed by atoms with van der Waals surface area (Å²) in [7, 11) is 0. The number of amides is 4. The fraction of sp³-hybridized carbons (Fsp3) is 0.624. The van der Waals surface area contributed by atoms with Crippen LogP contribution in [0, 0.1) is 33.4 Å². The van der Waals surface area contributed by atoms with E-state index in [4.69, 9.17) is 11.6 Å². The number of alkyl halides is 6. The van der Waals surface area contributed by atoms with E-state index in [-0.39, 0.29) is 114 Å². The van der Waals surface area contributed by atoms with E-state index < -0.39 is 51.7 Å². The maximum absolute atomic E-state index is 15.4. The van der Waals surface area contributed by atoms with Crippen LogP contribution in [-0.4, -0.2) is 82.3 Å². The fourth-order valence-electron chi connectivity index (χ4n) is 15.1. The summed E-state index contributed by atoms with van der Waals surface area (Å²) in [6.07, 6.45) is 5.58. The molecule has 4 heterocycles. The zero-order chi connectivity index (χ0) is 84.0. The molecule has 5 aliphatic rings. The number of rotatable bonds is 18. The molecule has 0 bridgehead atoms. The van der Waals surface area contributed by atoms with Gasteiger partial charge in [-0.2, -0.15) is 26.3 Å². The summed E-state index contributed by atoms with van der Waals surface area (Å²) in [5.41, 5.74) is -4.10. The molecule has 8 aromatic rings. The van der Waals surface area contributed by atoms with E-state index in [1.807, 2.05) is 72.9 Å². The number of halogens is 8. The van der Waals surface area contributed by atoms with Crippen LogP contribution in [0.3, 0.4) is 0 Å². The number of anilines is 4. The third-order valence-corrected chi connectivity index (χ3v) is 22.4. The number of nitrogens with zero attached hydrogens (tertiary/aromatic N) is 8. The van der Waals surface area contributed by atoms with Gasteiger partial charge in [-0.15, -0.1) is 0 Å². The van der Waals surface area contributed by atoms with Gasteiger partial charge in [-0.05, 0) is 233 Å². The van der Waals surface area contributed by atoms with Gasteiger partial charge >= 0.3 is 12.4 Å². The smallest absolute Gasteiger partial charge is 0.386 e. The number of fused-ring (bicyclic) bond motifs is 4. The number of hydrogen-bond donors (Lipinski definition) is 8. The van der Waals surface area contributed by atoms with Gasteiger partial charge in [0, 0.05) is 65.5 Å². The Morgan fingerprint density at radius 1 is 0.442 bits per heavy atom. The van der Waals surface area contributed by atoms with Crippen molar-refractivity contribution < 1.29 is 70.3 Å². The number of benzene rings is 4. The molecule has 5 aliphatic carbocycles. The van der Waals surface area contributed by atoms with Gasteiger partial charge in [0.1, 0.15) is 16.6 Å². The van der Waals surface area contributed by atoms with Crippen LogP contribution in [0.25, 0.3) is 44.1 Å². The average Bonchev–Trinajstić information content (AvgIpc) is 1.61. The summed E-state index contributed by atoms with van der Waals surface area (Å²) >= 11 is 6.37. The molecule has 4 amide bonds. The lowest BCUT2D eigenvalue weighted by atomic mass is 9.78. The SMILES string of the molecule is CC(C)(C)CC(=O)Nc1nc2c(C(F)(F)F)cc(C(C)(C)O)cc2n1C1CCC1.CC(C)(C)CC(=O)Nc1nc2cc(Cl)c(C(C)(C)O)cc2n1C1CCC1.CC(C)(C)CC(=O)Nc1nc2ccc(C(C)(C)O)c(F)c2n1C1(C)CCC1.CC(C)(O)c1cc(C(F)(F)F)c2nc(NC(=O)CC(C)(C)C3CC3)n(C3CCC3)c2c1. The predicted molar refractivity (Wildman–Crippen MR) is 429 cm³/mol. The van der Waals surface area contributed by atoms with Crippen molar-refractivity contribution in [1.82, 2.24) is 38.2 Å².